The summed E-state index contributed by atoms with van der Waals surface area (Å²) in [5.41, 5.74) is 1.98. The second-order valence-corrected chi connectivity index (χ2v) is 13.6. The number of aromatic nitrogens is 2. The number of hydrogen-bond donors (Lipinski definition) is 2. The predicted molar refractivity (Wildman–Crippen MR) is 165 cm³/mol. The van der Waals surface area contributed by atoms with Crippen molar-refractivity contribution in [2.45, 2.75) is 50.0 Å². The van der Waals surface area contributed by atoms with E-state index in [0.29, 0.717) is 43.7 Å². The number of halogens is 6. The van der Waals surface area contributed by atoms with E-state index < -0.39 is 46.2 Å². The van der Waals surface area contributed by atoms with Gasteiger partial charge in [-0.05, 0) is 55.8 Å². The fourth-order valence-electron chi connectivity index (χ4n) is 7.55. The van der Waals surface area contributed by atoms with Crippen LogP contribution in [0, 0.1) is 28.9 Å². The van der Waals surface area contributed by atoms with E-state index in [1.165, 1.54) is 0 Å². The van der Waals surface area contributed by atoms with Crippen molar-refractivity contribution >= 4 is 43.1 Å². The first kappa shape index (κ1) is 31.7. The van der Waals surface area contributed by atoms with Crippen LogP contribution in [-0.2, 0) is 6.18 Å². The number of anilines is 2. The number of benzene rings is 2. The molecule has 248 valence electrons. The van der Waals surface area contributed by atoms with E-state index in [0.717, 1.165) is 24.6 Å². The Labute approximate surface area is 269 Å². The summed E-state index contributed by atoms with van der Waals surface area (Å²) in [6.45, 7) is 1.46. The van der Waals surface area contributed by atoms with E-state index in [4.69, 9.17) is 10.5 Å². The van der Waals surface area contributed by atoms with Crippen LogP contribution < -0.4 is 15.4 Å². The third-order valence-electron chi connectivity index (χ3n) is 9.70. The zero-order valence-corrected chi connectivity index (χ0v) is 25.8. The summed E-state index contributed by atoms with van der Waals surface area (Å²) in [6, 6.07) is 4.22. The number of thiophene rings is 1. The predicted octanol–water partition coefficient (Wildman–Crippen LogP) is 6.43. The zero-order chi connectivity index (χ0) is 33.2. The number of piperidine rings is 1. The molecule has 15 heteroatoms. The average molecular weight is 677 g/mol. The van der Waals surface area contributed by atoms with E-state index in [1.54, 1.807) is 4.90 Å². The zero-order valence-electron chi connectivity index (χ0n) is 25.0. The second kappa shape index (κ2) is 11.7. The van der Waals surface area contributed by atoms with Gasteiger partial charge in [-0.3, -0.25) is 4.90 Å². The van der Waals surface area contributed by atoms with Gasteiger partial charge in [0.2, 0.25) is 0 Å². The van der Waals surface area contributed by atoms with Crippen molar-refractivity contribution in [2.24, 2.45) is 5.92 Å². The van der Waals surface area contributed by atoms with Gasteiger partial charge < -0.3 is 20.5 Å². The lowest BCUT2D eigenvalue weighted by Crippen LogP contribution is -2.43. The highest BCUT2D eigenvalue weighted by atomic mass is 32.1. The van der Waals surface area contributed by atoms with Crippen molar-refractivity contribution in [3.8, 4) is 23.2 Å². The number of hydrogen-bond acceptors (Lipinski definition) is 9. The van der Waals surface area contributed by atoms with Gasteiger partial charge in [0.25, 0.3) is 0 Å². The number of aliphatic hydroxyl groups excluding tert-OH is 1. The van der Waals surface area contributed by atoms with Gasteiger partial charge in [0, 0.05) is 49.0 Å². The van der Waals surface area contributed by atoms with E-state index >= 15 is 4.39 Å². The van der Waals surface area contributed by atoms with Gasteiger partial charge in [-0.15, -0.1) is 11.3 Å². The van der Waals surface area contributed by atoms with Gasteiger partial charge >= 0.3 is 12.2 Å². The van der Waals surface area contributed by atoms with Crippen LogP contribution in [-0.4, -0.2) is 71.1 Å². The number of alkyl halides is 4. The Morgan fingerprint density at radius 1 is 1.17 bits per heavy atom. The van der Waals surface area contributed by atoms with Crippen LogP contribution in [0.5, 0.6) is 6.01 Å². The maximum absolute atomic E-state index is 16.9. The Kier molecular flexibility index (Phi) is 7.88. The molecule has 0 radical (unpaired) electrons. The van der Waals surface area contributed by atoms with Gasteiger partial charge in [0.05, 0.1) is 21.4 Å². The highest BCUT2D eigenvalue weighted by Gasteiger charge is 2.49. The van der Waals surface area contributed by atoms with E-state index in [2.05, 4.69) is 9.97 Å². The maximum Gasteiger partial charge on any atom is 0.417 e. The van der Waals surface area contributed by atoms with Crippen LogP contribution in [0.2, 0.25) is 0 Å². The number of aliphatic hydroxyl groups is 1. The first-order chi connectivity index (χ1) is 22.4. The summed E-state index contributed by atoms with van der Waals surface area (Å²) < 4.78 is 96.6. The molecule has 0 spiro atoms. The number of ether oxygens (including phenoxy) is 1. The van der Waals surface area contributed by atoms with Gasteiger partial charge in [-0.2, -0.15) is 28.4 Å². The molecule has 3 N–H and O–H groups in total. The highest BCUT2D eigenvalue weighted by Crippen LogP contribution is 2.48. The molecule has 0 saturated carbocycles. The lowest BCUT2D eigenvalue weighted by molar-refractivity contribution is -0.137. The molecule has 5 heterocycles. The Balaban J connectivity index is 1.46. The first-order valence-corrected chi connectivity index (χ1v) is 16.2. The monoisotopic (exact) mass is 676 g/mol. The van der Waals surface area contributed by atoms with E-state index in [9.17, 15) is 32.3 Å². The lowest BCUT2D eigenvalue weighted by Gasteiger charge is -2.34. The van der Waals surface area contributed by atoms with Gasteiger partial charge in [-0.1, -0.05) is 6.07 Å². The normalized spacial score (nSPS) is 23.5. The Morgan fingerprint density at radius 2 is 1.98 bits per heavy atom. The quantitative estimate of drug-likeness (QED) is 0.225. The number of nitrogen functional groups attached to an aromatic ring is 1. The molecule has 3 saturated heterocycles. The molecule has 3 aliphatic heterocycles. The molecule has 2 aromatic carbocycles. The van der Waals surface area contributed by atoms with Crippen molar-refractivity contribution in [1.82, 2.24) is 14.9 Å². The number of fused-ring (bicyclic) bond motifs is 3. The van der Waals surface area contributed by atoms with Crippen LogP contribution in [0.3, 0.4) is 0 Å². The van der Waals surface area contributed by atoms with Gasteiger partial charge in [0.15, 0.2) is 5.82 Å². The molecular formula is C32H30F6N6O2S. The molecule has 2 aromatic heterocycles. The standard InChI is InChI=1S/C32H30F6N6O2S/c33-17-10-31(6-2-8-44(31)13-17)15-46-30-41-26-19(29(42-30)43-7-1-3-16(12-43)14-45)9-21(32(36,37)38)24(25(26)35)18-4-5-22(34)27-23(18)20(11-39)28(40)47-27/h4-5,9,16-17,45H,1-3,6-8,10,12-15,40H2/t16-,17-,31+/m1/s1. The summed E-state index contributed by atoms with van der Waals surface area (Å²) in [7, 11) is 0. The number of nitriles is 1. The molecule has 8 nitrogen and oxygen atoms in total. The van der Waals surface area contributed by atoms with Crippen LogP contribution >= 0.6 is 11.3 Å². The smallest absolute Gasteiger partial charge is 0.417 e. The highest BCUT2D eigenvalue weighted by molar-refractivity contribution is 7.23. The Hall–Kier alpha value is -3.87. The SMILES string of the molecule is N#Cc1c(N)sc2c(F)ccc(-c3c(C(F)(F)F)cc4c(N5CCC[C@@H](CO)C5)nc(OC[C@@]56CCCN5C[C@H](F)C6)nc4c3F)c12. The molecule has 3 atom stereocenters. The van der Waals surface area contributed by atoms with Crippen LogP contribution in [0.15, 0.2) is 18.2 Å². The van der Waals surface area contributed by atoms with Crippen LogP contribution in [0.1, 0.15) is 43.2 Å². The van der Waals surface area contributed by atoms with Crippen molar-refractivity contribution in [1.29, 1.82) is 5.26 Å². The Morgan fingerprint density at radius 3 is 2.72 bits per heavy atom. The molecule has 0 aliphatic carbocycles. The molecular weight excluding hydrogens is 646 g/mol. The molecule has 0 amide bonds. The largest absolute Gasteiger partial charge is 0.461 e. The average Bonchev–Trinajstić information content (AvgIpc) is 3.69. The van der Waals surface area contributed by atoms with Crippen molar-refractivity contribution in [3.05, 3.63) is 41.0 Å². The fourth-order valence-corrected chi connectivity index (χ4v) is 8.50. The first-order valence-electron chi connectivity index (χ1n) is 15.3. The summed E-state index contributed by atoms with van der Waals surface area (Å²) in [5.74, 6) is -2.35. The van der Waals surface area contributed by atoms with Gasteiger partial charge in [0.1, 0.15) is 41.0 Å². The maximum atomic E-state index is 16.9. The minimum Gasteiger partial charge on any atom is -0.461 e. The molecule has 47 heavy (non-hydrogen) atoms. The van der Waals surface area contributed by atoms with Crippen molar-refractivity contribution < 1.29 is 36.2 Å². The number of rotatable bonds is 6. The summed E-state index contributed by atoms with van der Waals surface area (Å²) >= 11 is 0.686. The van der Waals surface area contributed by atoms with Crippen LogP contribution in [0.4, 0.5) is 37.2 Å². The molecule has 0 bridgehead atoms. The lowest BCUT2D eigenvalue weighted by atomic mass is 9.92. The van der Waals surface area contributed by atoms with Crippen molar-refractivity contribution in [3.63, 3.8) is 0 Å². The minimum atomic E-state index is -5.09. The second-order valence-electron chi connectivity index (χ2n) is 12.6. The summed E-state index contributed by atoms with van der Waals surface area (Å²) in [6.07, 6.45) is -3.04. The Bertz CT molecular complexity index is 1930. The molecule has 0 unspecified atom stereocenters. The number of nitrogens with two attached hydrogens (primary N) is 1. The molecule has 4 aromatic rings. The van der Waals surface area contributed by atoms with E-state index in [-0.39, 0.29) is 82.1 Å². The third kappa shape index (κ3) is 5.30. The number of nitrogens with zero attached hydrogens (tertiary/aromatic N) is 5. The topological polar surface area (TPSA) is 112 Å². The fraction of sp³-hybridized carbons (Fsp3) is 0.469. The third-order valence-corrected chi connectivity index (χ3v) is 10.7. The minimum absolute atomic E-state index is 0.00500. The van der Waals surface area contributed by atoms with Crippen molar-refractivity contribution in [2.75, 3.05) is 50.0 Å². The summed E-state index contributed by atoms with van der Waals surface area (Å²) in [4.78, 5) is 12.5. The molecule has 3 aliphatic rings. The van der Waals surface area contributed by atoms with Gasteiger partial charge in [-0.25, -0.2) is 13.2 Å². The van der Waals surface area contributed by atoms with Crippen LogP contribution in [0.25, 0.3) is 32.1 Å². The molecule has 3 fully saturated rings. The molecule has 7 rings (SSSR count). The van der Waals surface area contributed by atoms with E-state index in [1.807, 2.05) is 11.0 Å². The summed E-state index contributed by atoms with van der Waals surface area (Å²) in [5, 5.41) is 19.1.